The van der Waals surface area contributed by atoms with Gasteiger partial charge in [-0.25, -0.2) is 0 Å². The highest BCUT2D eigenvalue weighted by molar-refractivity contribution is 5.50. The lowest BCUT2D eigenvalue weighted by atomic mass is 9.86. The van der Waals surface area contributed by atoms with Gasteiger partial charge in [0.15, 0.2) is 0 Å². The van der Waals surface area contributed by atoms with Gasteiger partial charge >= 0.3 is 0 Å². The van der Waals surface area contributed by atoms with E-state index in [-0.39, 0.29) is 0 Å². The van der Waals surface area contributed by atoms with E-state index in [1.807, 2.05) is 20.9 Å². The van der Waals surface area contributed by atoms with Gasteiger partial charge in [-0.05, 0) is 19.4 Å². The molecule has 0 amide bonds. The van der Waals surface area contributed by atoms with Gasteiger partial charge in [-0.15, -0.1) is 0 Å². The van der Waals surface area contributed by atoms with E-state index in [1.54, 1.807) is 0 Å². The van der Waals surface area contributed by atoms with Crippen LogP contribution in [0.1, 0.15) is 85.5 Å². The zero-order valence-electron chi connectivity index (χ0n) is 17.5. The lowest BCUT2D eigenvalue weighted by Crippen LogP contribution is -2.30. The second-order valence-corrected chi connectivity index (χ2v) is 5.98. The Kier molecular flexibility index (Phi) is 32.0. The van der Waals surface area contributed by atoms with Gasteiger partial charge in [0.05, 0.1) is 6.34 Å². The minimum atomic E-state index is 0.962. The van der Waals surface area contributed by atoms with Gasteiger partial charge in [-0.3, -0.25) is 5.41 Å². The number of aliphatic hydroxyl groups excluding tert-OH is 1. The molecule has 0 radical (unpaired) electrons. The third kappa shape index (κ3) is 21.4. The van der Waals surface area contributed by atoms with E-state index >= 15 is 0 Å². The molecule has 1 saturated carbocycles. The normalized spacial score (nSPS) is 13.3. The summed E-state index contributed by atoms with van der Waals surface area (Å²) in [4.78, 5) is 2.11. The molecule has 0 heterocycles. The molecular formula is C20H47N3O. The van der Waals surface area contributed by atoms with Gasteiger partial charge in [0.2, 0.25) is 0 Å². The van der Waals surface area contributed by atoms with E-state index in [0.29, 0.717) is 0 Å². The van der Waals surface area contributed by atoms with Crippen LogP contribution in [0.15, 0.2) is 0 Å². The Morgan fingerprint density at radius 3 is 2.04 bits per heavy atom. The predicted octanol–water partition coefficient (Wildman–Crippen LogP) is 4.92. The van der Waals surface area contributed by atoms with Crippen molar-refractivity contribution in [2.24, 2.45) is 5.92 Å². The molecule has 1 aliphatic carbocycles. The summed E-state index contributed by atoms with van der Waals surface area (Å²) < 4.78 is 0. The number of hydrogen-bond acceptors (Lipinski definition) is 3. The summed E-state index contributed by atoms with van der Waals surface area (Å²) in [6.45, 7) is 11.2. The van der Waals surface area contributed by atoms with E-state index in [9.17, 15) is 0 Å². The largest absolute Gasteiger partial charge is 0.400 e. The first-order valence-electron chi connectivity index (χ1n) is 10.1. The Balaban J connectivity index is -0.000000549. The van der Waals surface area contributed by atoms with Crippen LogP contribution in [0.2, 0.25) is 0 Å². The van der Waals surface area contributed by atoms with Crippen LogP contribution >= 0.6 is 0 Å². The number of nitrogens with one attached hydrogen (secondary N) is 2. The molecule has 148 valence electrons. The standard InChI is InChI=1S/C14H29N3.C3H8.C2H6.CH4O/c1-16-10-12-17(13-15)11-6-5-9-14-7-3-2-4-8-14;1-3-2;2*1-2/h13-16H,2-12H2,1H3;3H2,1-2H3;1-2H3;2H,1H3. The molecule has 1 fully saturated rings. The molecule has 0 saturated heterocycles. The molecule has 4 heteroatoms. The van der Waals surface area contributed by atoms with Crippen molar-refractivity contribution in [2.45, 2.75) is 85.5 Å². The molecule has 1 aliphatic rings. The number of aliphatic hydroxyl groups is 1. The molecule has 4 nitrogen and oxygen atoms in total. The van der Waals surface area contributed by atoms with Crippen molar-refractivity contribution in [2.75, 3.05) is 33.8 Å². The molecule has 0 aromatic carbocycles. The van der Waals surface area contributed by atoms with Crippen molar-refractivity contribution >= 4 is 6.34 Å². The van der Waals surface area contributed by atoms with E-state index in [1.165, 1.54) is 64.1 Å². The van der Waals surface area contributed by atoms with Crippen LogP contribution in [-0.2, 0) is 0 Å². The quantitative estimate of drug-likeness (QED) is 0.316. The molecule has 1 rings (SSSR count). The molecule has 0 aliphatic heterocycles. The number of rotatable bonds is 9. The fourth-order valence-electron chi connectivity index (χ4n) is 2.72. The van der Waals surface area contributed by atoms with E-state index < -0.39 is 0 Å². The lowest BCUT2D eigenvalue weighted by Gasteiger charge is -2.22. The first-order chi connectivity index (χ1) is 11.8. The first kappa shape index (κ1) is 28.2. The van der Waals surface area contributed by atoms with Crippen LogP contribution in [0, 0.1) is 11.3 Å². The summed E-state index contributed by atoms with van der Waals surface area (Å²) in [7, 11) is 2.96. The van der Waals surface area contributed by atoms with Crippen LogP contribution in [0.4, 0.5) is 0 Å². The van der Waals surface area contributed by atoms with Crippen LogP contribution in [-0.4, -0.2) is 50.1 Å². The molecule has 24 heavy (non-hydrogen) atoms. The summed E-state index contributed by atoms with van der Waals surface area (Å²) in [6.07, 6.45) is 14.0. The maximum absolute atomic E-state index is 7.34. The lowest BCUT2D eigenvalue weighted by molar-refractivity contribution is 0.320. The van der Waals surface area contributed by atoms with Crippen LogP contribution < -0.4 is 5.32 Å². The van der Waals surface area contributed by atoms with Crippen molar-refractivity contribution in [3.8, 4) is 0 Å². The summed E-state index contributed by atoms with van der Waals surface area (Å²) in [6, 6.07) is 0. The Hall–Kier alpha value is -0.610. The van der Waals surface area contributed by atoms with Crippen molar-refractivity contribution in [1.82, 2.24) is 10.2 Å². The minimum absolute atomic E-state index is 0.962. The Bertz CT molecular complexity index is 207. The van der Waals surface area contributed by atoms with Crippen molar-refractivity contribution in [3.05, 3.63) is 0 Å². The maximum Gasteiger partial charge on any atom is 0.0817 e. The van der Waals surface area contributed by atoms with Crippen LogP contribution in [0.3, 0.4) is 0 Å². The maximum atomic E-state index is 7.34. The van der Waals surface area contributed by atoms with Gasteiger partial charge in [0.1, 0.15) is 0 Å². The molecular weight excluding hydrogens is 298 g/mol. The molecule has 0 aromatic rings. The van der Waals surface area contributed by atoms with E-state index in [0.717, 1.165) is 32.7 Å². The molecule has 0 bridgehead atoms. The number of likely N-dealkylation sites (N-methyl/N-ethyl adjacent to an activating group) is 1. The zero-order valence-corrected chi connectivity index (χ0v) is 17.5. The van der Waals surface area contributed by atoms with Crippen molar-refractivity contribution in [3.63, 3.8) is 0 Å². The van der Waals surface area contributed by atoms with Crippen molar-refractivity contribution in [1.29, 1.82) is 5.41 Å². The smallest absolute Gasteiger partial charge is 0.0817 e. The van der Waals surface area contributed by atoms with Gasteiger partial charge < -0.3 is 15.3 Å². The highest BCUT2D eigenvalue weighted by Crippen LogP contribution is 2.27. The number of unbranched alkanes of at least 4 members (excludes halogenated alkanes) is 1. The average molecular weight is 346 g/mol. The summed E-state index contributed by atoms with van der Waals surface area (Å²) in [5.41, 5.74) is 0. The minimum Gasteiger partial charge on any atom is -0.400 e. The topological polar surface area (TPSA) is 59.4 Å². The molecule has 0 unspecified atom stereocenters. The Morgan fingerprint density at radius 2 is 1.58 bits per heavy atom. The summed E-state index contributed by atoms with van der Waals surface area (Å²) in [5.74, 6) is 1.01. The van der Waals surface area contributed by atoms with E-state index in [4.69, 9.17) is 10.5 Å². The van der Waals surface area contributed by atoms with Crippen LogP contribution in [0.25, 0.3) is 0 Å². The molecule has 0 aromatic heterocycles. The Morgan fingerprint density at radius 1 is 1.04 bits per heavy atom. The second kappa shape index (κ2) is 27.2. The SMILES string of the molecule is CC.CCC.CNCCN(C=N)CCCCC1CCCCC1.CO. The monoisotopic (exact) mass is 345 g/mol. The number of hydrogen-bond donors (Lipinski definition) is 3. The summed E-state index contributed by atoms with van der Waals surface area (Å²) in [5, 5.41) is 17.5. The van der Waals surface area contributed by atoms with E-state index in [2.05, 4.69) is 24.1 Å². The fraction of sp³-hybridized carbons (Fsp3) is 0.950. The van der Waals surface area contributed by atoms with Gasteiger partial charge in [-0.1, -0.05) is 79.1 Å². The average Bonchev–Trinajstić information content (AvgIpc) is 2.66. The van der Waals surface area contributed by atoms with Crippen LogP contribution in [0.5, 0.6) is 0 Å². The predicted molar refractivity (Wildman–Crippen MR) is 110 cm³/mol. The number of nitrogens with zero attached hydrogens (tertiary/aromatic N) is 1. The van der Waals surface area contributed by atoms with Gasteiger partial charge in [0.25, 0.3) is 0 Å². The van der Waals surface area contributed by atoms with Gasteiger partial charge in [0, 0.05) is 26.7 Å². The molecule has 3 N–H and O–H groups in total. The highest BCUT2D eigenvalue weighted by atomic mass is 16.2. The third-order valence-corrected chi connectivity index (χ3v) is 3.86. The first-order valence-corrected chi connectivity index (χ1v) is 10.1. The highest BCUT2D eigenvalue weighted by Gasteiger charge is 2.12. The summed E-state index contributed by atoms with van der Waals surface area (Å²) >= 11 is 0. The fourth-order valence-corrected chi connectivity index (χ4v) is 2.72. The van der Waals surface area contributed by atoms with Crippen molar-refractivity contribution < 1.29 is 5.11 Å². The van der Waals surface area contributed by atoms with Gasteiger partial charge in [-0.2, -0.15) is 0 Å². The molecule has 0 spiro atoms. The Labute approximate surface area is 152 Å². The third-order valence-electron chi connectivity index (χ3n) is 3.86. The zero-order chi connectivity index (χ0) is 19.1. The molecule has 0 atom stereocenters. The second-order valence-electron chi connectivity index (χ2n) is 5.98.